The molecule has 3 heteroatoms. The maximum Gasteiger partial charge on any atom is 0.00631 e. The molecule has 0 amide bonds. The zero-order valence-electron chi connectivity index (χ0n) is 13.6. The first-order valence-corrected chi connectivity index (χ1v) is 8.43. The van der Waals surface area contributed by atoms with Crippen LogP contribution in [0.3, 0.4) is 0 Å². The Morgan fingerprint density at radius 1 is 0.947 bits per heavy atom. The Morgan fingerprint density at radius 2 is 1.53 bits per heavy atom. The molecule has 0 saturated carbocycles. The molecule has 1 aliphatic heterocycles. The first-order chi connectivity index (χ1) is 9.24. The van der Waals surface area contributed by atoms with Gasteiger partial charge in [-0.25, -0.2) is 0 Å². The first kappa shape index (κ1) is 18.9. The molecule has 0 atom stereocenters. The quantitative estimate of drug-likeness (QED) is 0.667. The SMILES string of the molecule is CCCCCN1CCC(N)CC1.CCCNCCC. The lowest BCUT2D eigenvalue weighted by Gasteiger charge is -2.29. The van der Waals surface area contributed by atoms with Crippen molar-refractivity contribution in [1.82, 2.24) is 10.2 Å². The summed E-state index contributed by atoms with van der Waals surface area (Å²) in [5.74, 6) is 0. The molecule has 0 aromatic rings. The summed E-state index contributed by atoms with van der Waals surface area (Å²) >= 11 is 0. The highest BCUT2D eigenvalue weighted by molar-refractivity contribution is 4.73. The van der Waals surface area contributed by atoms with Crippen LogP contribution in [0.1, 0.15) is 65.7 Å². The number of nitrogens with one attached hydrogen (secondary N) is 1. The van der Waals surface area contributed by atoms with Crippen molar-refractivity contribution in [2.24, 2.45) is 5.73 Å². The zero-order chi connectivity index (χ0) is 14.3. The molecule has 1 aliphatic rings. The van der Waals surface area contributed by atoms with Crippen molar-refractivity contribution in [1.29, 1.82) is 0 Å². The van der Waals surface area contributed by atoms with E-state index < -0.39 is 0 Å². The highest BCUT2D eigenvalue weighted by Gasteiger charge is 2.14. The minimum atomic E-state index is 0.479. The van der Waals surface area contributed by atoms with Gasteiger partial charge in [0.25, 0.3) is 0 Å². The Morgan fingerprint density at radius 3 is 2.00 bits per heavy atom. The normalized spacial score (nSPS) is 17.1. The molecule has 0 radical (unpaired) electrons. The molecule has 19 heavy (non-hydrogen) atoms. The second kappa shape index (κ2) is 14.3. The summed E-state index contributed by atoms with van der Waals surface area (Å²) in [6.45, 7) is 12.7. The second-order valence-corrected chi connectivity index (χ2v) is 5.64. The molecule has 0 unspecified atom stereocenters. The first-order valence-electron chi connectivity index (χ1n) is 8.43. The summed E-state index contributed by atoms with van der Waals surface area (Å²) in [5, 5.41) is 3.28. The van der Waals surface area contributed by atoms with Gasteiger partial charge in [-0.2, -0.15) is 0 Å². The monoisotopic (exact) mass is 271 g/mol. The molecule has 1 heterocycles. The van der Waals surface area contributed by atoms with Gasteiger partial charge in [0.15, 0.2) is 0 Å². The van der Waals surface area contributed by atoms with Gasteiger partial charge in [0.05, 0.1) is 0 Å². The smallest absolute Gasteiger partial charge is 0.00631 e. The Labute approximate surface area is 121 Å². The fraction of sp³-hybridized carbons (Fsp3) is 1.00. The van der Waals surface area contributed by atoms with Crippen LogP contribution in [-0.4, -0.2) is 43.7 Å². The van der Waals surface area contributed by atoms with E-state index in [9.17, 15) is 0 Å². The van der Waals surface area contributed by atoms with E-state index in [1.807, 2.05) is 0 Å². The van der Waals surface area contributed by atoms with Gasteiger partial charge in [0.1, 0.15) is 0 Å². The summed E-state index contributed by atoms with van der Waals surface area (Å²) in [6, 6.07) is 0.479. The van der Waals surface area contributed by atoms with Crippen LogP contribution in [0.2, 0.25) is 0 Å². The maximum atomic E-state index is 5.83. The van der Waals surface area contributed by atoms with Crippen LogP contribution in [-0.2, 0) is 0 Å². The average molecular weight is 271 g/mol. The van der Waals surface area contributed by atoms with Crippen molar-refractivity contribution >= 4 is 0 Å². The van der Waals surface area contributed by atoms with Crippen molar-refractivity contribution in [3.8, 4) is 0 Å². The van der Waals surface area contributed by atoms with Crippen LogP contribution < -0.4 is 11.1 Å². The van der Waals surface area contributed by atoms with E-state index in [1.54, 1.807) is 0 Å². The molecule has 0 aromatic heterocycles. The minimum absolute atomic E-state index is 0.479. The molecule has 0 bridgehead atoms. The zero-order valence-corrected chi connectivity index (χ0v) is 13.6. The highest BCUT2D eigenvalue weighted by Crippen LogP contribution is 2.09. The molecule has 3 nitrogen and oxygen atoms in total. The summed E-state index contributed by atoms with van der Waals surface area (Å²) in [4.78, 5) is 2.55. The van der Waals surface area contributed by atoms with E-state index in [1.165, 1.54) is 77.7 Å². The van der Waals surface area contributed by atoms with Gasteiger partial charge in [-0.3, -0.25) is 0 Å². The third-order valence-electron chi connectivity index (χ3n) is 3.56. The van der Waals surface area contributed by atoms with Crippen molar-refractivity contribution in [2.75, 3.05) is 32.7 Å². The average Bonchev–Trinajstić information content (AvgIpc) is 2.43. The van der Waals surface area contributed by atoms with E-state index in [0.29, 0.717) is 6.04 Å². The van der Waals surface area contributed by atoms with E-state index in [-0.39, 0.29) is 0 Å². The Bertz CT molecular complexity index is 161. The standard InChI is InChI=1S/C10H22N2.C6H15N/c1-2-3-4-7-12-8-5-10(11)6-9-12;1-3-5-7-6-4-2/h10H,2-9,11H2,1H3;7H,3-6H2,1-2H3. The van der Waals surface area contributed by atoms with Crippen molar-refractivity contribution < 1.29 is 0 Å². The van der Waals surface area contributed by atoms with Crippen LogP contribution in [0.25, 0.3) is 0 Å². The molecular formula is C16H37N3. The maximum absolute atomic E-state index is 5.83. The Kier molecular flexibility index (Phi) is 14.2. The van der Waals surface area contributed by atoms with Gasteiger partial charge in [-0.05, 0) is 64.8 Å². The van der Waals surface area contributed by atoms with E-state index in [2.05, 4.69) is 31.0 Å². The van der Waals surface area contributed by atoms with Crippen molar-refractivity contribution in [3.63, 3.8) is 0 Å². The predicted octanol–water partition coefficient (Wildman–Crippen LogP) is 3.00. The van der Waals surface area contributed by atoms with E-state index >= 15 is 0 Å². The summed E-state index contributed by atoms with van der Waals surface area (Å²) in [6.07, 6.45) is 8.97. The van der Waals surface area contributed by atoms with Crippen LogP contribution in [0.4, 0.5) is 0 Å². The molecule has 1 saturated heterocycles. The molecular weight excluding hydrogens is 234 g/mol. The topological polar surface area (TPSA) is 41.3 Å². The van der Waals surface area contributed by atoms with Gasteiger partial charge >= 0.3 is 0 Å². The third kappa shape index (κ3) is 12.6. The van der Waals surface area contributed by atoms with Crippen LogP contribution >= 0.6 is 0 Å². The molecule has 0 spiro atoms. The van der Waals surface area contributed by atoms with Gasteiger partial charge in [-0.15, -0.1) is 0 Å². The number of piperidine rings is 1. The lowest BCUT2D eigenvalue weighted by atomic mass is 10.1. The molecule has 3 N–H and O–H groups in total. The van der Waals surface area contributed by atoms with Gasteiger partial charge in [0.2, 0.25) is 0 Å². The van der Waals surface area contributed by atoms with E-state index in [4.69, 9.17) is 5.73 Å². The fourth-order valence-electron chi connectivity index (χ4n) is 2.24. The van der Waals surface area contributed by atoms with Crippen LogP contribution in [0, 0.1) is 0 Å². The summed E-state index contributed by atoms with van der Waals surface area (Å²) < 4.78 is 0. The number of likely N-dealkylation sites (tertiary alicyclic amines) is 1. The molecule has 1 rings (SSSR count). The Balaban J connectivity index is 0.000000399. The molecule has 0 aliphatic carbocycles. The summed E-state index contributed by atoms with van der Waals surface area (Å²) in [7, 11) is 0. The molecule has 1 fully saturated rings. The van der Waals surface area contributed by atoms with Crippen molar-refractivity contribution in [2.45, 2.75) is 71.8 Å². The lowest BCUT2D eigenvalue weighted by molar-refractivity contribution is 0.209. The van der Waals surface area contributed by atoms with E-state index in [0.717, 1.165) is 0 Å². The number of unbranched alkanes of at least 4 members (excludes halogenated alkanes) is 2. The fourth-order valence-corrected chi connectivity index (χ4v) is 2.24. The lowest BCUT2D eigenvalue weighted by Crippen LogP contribution is -2.39. The minimum Gasteiger partial charge on any atom is -0.328 e. The number of hydrogen-bond acceptors (Lipinski definition) is 3. The Hall–Kier alpha value is -0.120. The van der Waals surface area contributed by atoms with Gasteiger partial charge < -0.3 is 16.0 Å². The second-order valence-electron chi connectivity index (χ2n) is 5.64. The van der Waals surface area contributed by atoms with Crippen LogP contribution in [0.5, 0.6) is 0 Å². The number of hydrogen-bond donors (Lipinski definition) is 2. The molecule has 0 aromatic carbocycles. The largest absolute Gasteiger partial charge is 0.328 e. The van der Waals surface area contributed by atoms with Gasteiger partial charge in [-0.1, -0.05) is 33.6 Å². The number of nitrogens with two attached hydrogens (primary N) is 1. The molecule has 116 valence electrons. The van der Waals surface area contributed by atoms with Crippen molar-refractivity contribution in [3.05, 3.63) is 0 Å². The van der Waals surface area contributed by atoms with Gasteiger partial charge in [0, 0.05) is 6.04 Å². The third-order valence-corrected chi connectivity index (χ3v) is 3.56. The van der Waals surface area contributed by atoms with Crippen LogP contribution in [0.15, 0.2) is 0 Å². The number of rotatable bonds is 8. The summed E-state index contributed by atoms with van der Waals surface area (Å²) in [5.41, 5.74) is 5.83. The predicted molar refractivity (Wildman–Crippen MR) is 86.6 cm³/mol. The number of nitrogens with zero attached hydrogens (tertiary/aromatic N) is 1. The highest BCUT2D eigenvalue weighted by atomic mass is 15.1.